The first-order valence-electron chi connectivity index (χ1n) is 3.61. The SMILES string of the molecule is [O]C(CCI)c1ccccc1. The zero-order valence-electron chi connectivity index (χ0n) is 6.16. The number of hydrogen-bond donors (Lipinski definition) is 0. The fourth-order valence-electron chi connectivity index (χ4n) is 0.933. The van der Waals surface area contributed by atoms with Crippen LogP contribution in [0.3, 0.4) is 0 Å². The Morgan fingerprint density at radius 3 is 2.45 bits per heavy atom. The number of alkyl halides is 1. The Morgan fingerprint density at radius 1 is 1.27 bits per heavy atom. The summed E-state index contributed by atoms with van der Waals surface area (Å²) in [6.07, 6.45) is 0.193. The average molecular weight is 261 g/mol. The molecule has 1 radical (unpaired) electrons. The standard InChI is InChI=1S/C9H10IO/c10-7-6-9(11)8-4-2-1-3-5-8/h1-5,9H,6-7H2. The minimum atomic E-state index is -0.534. The van der Waals surface area contributed by atoms with Crippen molar-refractivity contribution in [3.8, 4) is 0 Å². The van der Waals surface area contributed by atoms with Crippen molar-refractivity contribution in [2.24, 2.45) is 0 Å². The smallest absolute Gasteiger partial charge is 0.119 e. The Bertz CT molecular complexity index is 198. The number of halogens is 1. The molecule has 0 bridgehead atoms. The highest BCUT2D eigenvalue weighted by atomic mass is 127. The third kappa shape index (κ3) is 2.79. The summed E-state index contributed by atoms with van der Waals surface area (Å²) in [6, 6.07) is 9.54. The number of rotatable bonds is 3. The minimum absolute atomic E-state index is 0.534. The summed E-state index contributed by atoms with van der Waals surface area (Å²) in [5, 5.41) is 11.3. The number of benzene rings is 1. The lowest BCUT2D eigenvalue weighted by Crippen LogP contribution is -1.94. The lowest BCUT2D eigenvalue weighted by molar-refractivity contribution is 0.0874. The molecule has 0 aliphatic carbocycles. The van der Waals surface area contributed by atoms with Gasteiger partial charge in [-0.2, -0.15) is 0 Å². The molecule has 0 N–H and O–H groups in total. The molecule has 59 valence electrons. The summed E-state index contributed by atoms with van der Waals surface area (Å²) in [5.74, 6) is 0. The molecule has 1 nitrogen and oxygen atoms in total. The lowest BCUT2D eigenvalue weighted by Gasteiger charge is -2.04. The lowest BCUT2D eigenvalue weighted by atomic mass is 10.1. The molecule has 1 unspecified atom stereocenters. The van der Waals surface area contributed by atoms with Crippen LogP contribution in [0.15, 0.2) is 30.3 Å². The van der Waals surface area contributed by atoms with Gasteiger partial charge >= 0.3 is 0 Å². The van der Waals surface area contributed by atoms with E-state index in [-0.39, 0.29) is 0 Å². The first kappa shape index (κ1) is 9.00. The molecule has 0 aliphatic heterocycles. The van der Waals surface area contributed by atoms with Crippen molar-refractivity contribution in [2.45, 2.75) is 12.5 Å². The normalized spacial score (nSPS) is 12.9. The van der Waals surface area contributed by atoms with E-state index in [2.05, 4.69) is 22.6 Å². The Labute approximate surface area is 80.6 Å². The molecular formula is C9H10IO. The zero-order valence-corrected chi connectivity index (χ0v) is 8.32. The van der Waals surface area contributed by atoms with Crippen LogP contribution in [0.2, 0.25) is 0 Å². The van der Waals surface area contributed by atoms with Gasteiger partial charge in [-0.25, -0.2) is 5.11 Å². The molecule has 1 aromatic carbocycles. The van der Waals surface area contributed by atoms with E-state index in [1.54, 1.807) is 0 Å². The summed E-state index contributed by atoms with van der Waals surface area (Å²) in [4.78, 5) is 0. The van der Waals surface area contributed by atoms with Crippen LogP contribution in [-0.4, -0.2) is 4.43 Å². The highest BCUT2D eigenvalue weighted by molar-refractivity contribution is 14.1. The van der Waals surface area contributed by atoms with Crippen LogP contribution in [0.25, 0.3) is 0 Å². The largest absolute Gasteiger partial charge is 0.228 e. The maximum absolute atomic E-state index is 11.3. The number of hydrogen-bond acceptors (Lipinski definition) is 0. The monoisotopic (exact) mass is 261 g/mol. The van der Waals surface area contributed by atoms with Crippen LogP contribution in [0.5, 0.6) is 0 Å². The third-order valence-electron chi connectivity index (χ3n) is 1.54. The molecule has 0 spiro atoms. The Morgan fingerprint density at radius 2 is 1.91 bits per heavy atom. The summed E-state index contributed by atoms with van der Waals surface area (Å²) in [6.45, 7) is 0. The van der Waals surface area contributed by atoms with Gasteiger partial charge in [0.2, 0.25) is 0 Å². The molecule has 0 fully saturated rings. The third-order valence-corrected chi connectivity index (χ3v) is 2.17. The second kappa shape index (κ2) is 4.72. The maximum atomic E-state index is 11.3. The zero-order chi connectivity index (χ0) is 8.10. The fraction of sp³-hybridized carbons (Fsp3) is 0.333. The van der Waals surface area contributed by atoms with Gasteiger partial charge in [-0.05, 0) is 12.0 Å². The van der Waals surface area contributed by atoms with Crippen molar-refractivity contribution in [1.82, 2.24) is 0 Å². The van der Waals surface area contributed by atoms with Gasteiger partial charge in [0, 0.05) is 4.43 Å². The molecule has 0 amide bonds. The maximum Gasteiger partial charge on any atom is 0.119 e. The second-order valence-electron chi connectivity index (χ2n) is 2.38. The van der Waals surface area contributed by atoms with Crippen LogP contribution >= 0.6 is 22.6 Å². The van der Waals surface area contributed by atoms with Crippen molar-refractivity contribution in [3.05, 3.63) is 35.9 Å². The van der Waals surface area contributed by atoms with Crippen LogP contribution in [0, 0.1) is 0 Å². The van der Waals surface area contributed by atoms with Gasteiger partial charge in [-0.1, -0.05) is 52.9 Å². The predicted octanol–water partition coefficient (Wildman–Crippen LogP) is 2.98. The van der Waals surface area contributed by atoms with E-state index < -0.39 is 6.10 Å². The van der Waals surface area contributed by atoms with E-state index in [0.717, 1.165) is 16.4 Å². The molecule has 11 heavy (non-hydrogen) atoms. The molecule has 0 aliphatic rings. The molecule has 0 saturated carbocycles. The van der Waals surface area contributed by atoms with E-state index in [4.69, 9.17) is 0 Å². The van der Waals surface area contributed by atoms with Gasteiger partial charge < -0.3 is 0 Å². The molecule has 1 aromatic rings. The van der Waals surface area contributed by atoms with Crippen molar-refractivity contribution in [3.63, 3.8) is 0 Å². The molecule has 1 rings (SSSR count). The van der Waals surface area contributed by atoms with E-state index in [1.807, 2.05) is 30.3 Å². The first-order valence-corrected chi connectivity index (χ1v) is 5.14. The quantitative estimate of drug-likeness (QED) is 0.588. The van der Waals surface area contributed by atoms with Crippen molar-refractivity contribution in [2.75, 3.05) is 4.43 Å². The second-order valence-corrected chi connectivity index (χ2v) is 3.46. The van der Waals surface area contributed by atoms with Gasteiger partial charge in [0.05, 0.1) is 0 Å². The van der Waals surface area contributed by atoms with Gasteiger partial charge in [0.1, 0.15) is 6.10 Å². The van der Waals surface area contributed by atoms with Gasteiger partial charge in [0.15, 0.2) is 0 Å². The molecular weight excluding hydrogens is 251 g/mol. The molecule has 2 heteroatoms. The van der Waals surface area contributed by atoms with Gasteiger partial charge in [-0.15, -0.1) is 0 Å². The summed E-state index contributed by atoms with van der Waals surface area (Å²) in [5.41, 5.74) is 0.907. The van der Waals surface area contributed by atoms with Crippen LogP contribution in [0.1, 0.15) is 18.1 Å². The molecule has 1 atom stereocenters. The Kier molecular flexibility index (Phi) is 3.86. The molecule has 0 heterocycles. The first-order chi connectivity index (χ1) is 5.34. The summed E-state index contributed by atoms with van der Waals surface area (Å²) in [7, 11) is 0. The van der Waals surface area contributed by atoms with Crippen LogP contribution < -0.4 is 0 Å². The average Bonchev–Trinajstić information content (AvgIpc) is 2.07. The highest BCUT2D eigenvalue weighted by Gasteiger charge is 2.06. The van der Waals surface area contributed by atoms with E-state index in [1.165, 1.54) is 0 Å². The highest BCUT2D eigenvalue weighted by Crippen LogP contribution is 2.17. The molecule has 0 aromatic heterocycles. The van der Waals surface area contributed by atoms with Crippen molar-refractivity contribution >= 4 is 22.6 Å². The van der Waals surface area contributed by atoms with E-state index in [9.17, 15) is 5.11 Å². The summed E-state index contributed by atoms with van der Waals surface area (Å²) >= 11 is 2.23. The van der Waals surface area contributed by atoms with Crippen LogP contribution in [0.4, 0.5) is 0 Å². The Hall–Kier alpha value is -0.0900. The van der Waals surface area contributed by atoms with Crippen molar-refractivity contribution in [1.29, 1.82) is 0 Å². The fourth-order valence-corrected chi connectivity index (χ4v) is 1.50. The van der Waals surface area contributed by atoms with Gasteiger partial charge in [0.25, 0.3) is 0 Å². The molecule has 0 saturated heterocycles. The van der Waals surface area contributed by atoms with E-state index >= 15 is 0 Å². The van der Waals surface area contributed by atoms with E-state index in [0.29, 0.717) is 0 Å². The predicted molar refractivity (Wildman–Crippen MR) is 53.4 cm³/mol. The minimum Gasteiger partial charge on any atom is -0.228 e. The summed E-state index contributed by atoms with van der Waals surface area (Å²) < 4.78 is 0.931. The Balaban J connectivity index is 2.61. The van der Waals surface area contributed by atoms with Crippen LogP contribution in [-0.2, 0) is 5.11 Å². The van der Waals surface area contributed by atoms with Gasteiger partial charge in [-0.3, -0.25) is 0 Å². The van der Waals surface area contributed by atoms with Crippen molar-refractivity contribution < 1.29 is 5.11 Å². The topological polar surface area (TPSA) is 19.9 Å².